The van der Waals surface area contributed by atoms with E-state index in [1.165, 1.54) is 6.42 Å². The summed E-state index contributed by atoms with van der Waals surface area (Å²) in [6.45, 7) is 5.10. The van der Waals surface area contributed by atoms with Crippen LogP contribution in [0.15, 0.2) is 29.1 Å². The van der Waals surface area contributed by atoms with Crippen molar-refractivity contribution in [3.05, 3.63) is 34.7 Å². The topological polar surface area (TPSA) is 41.0 Å². The molecule has 0 aliphatic heterocycles. The van der Waals surface area contributed by atoms with Crippen molar-refractivity contribution in [2.24, 2.45) is 0 Å². The van der Waals surface area contributed by atoms with Crippen molar-refractivity contribution in [3.63, 3.8) is 0 Å². The Morgan fingerprint density at radius 3 is 2.83 bits per heavy atom. The van der Waals surface area contributed by atoms with Gasteiger partial charge in [0.15, 0.2) is 0 Å². The minimum atomic E-state index is -0.00524. The van der Waals surface area contributed by atoms with E-state index in [0.717, 1.165) is 37.1 Å². The first-order chi connectivity index (χ1) is 8.72. The molecule has 0 aliphatic carbocycles. The number of nitrogens with one attached hydrogen (secondary N) is 1. The van der Waals surface area contributed by atoms with Gasteiger partial charge in [-0.05, 0) is 45.1 Å². The molecule has 4 nitrogen and oxygen atoms in total. The Balaban J connectivity index is 2.03. The number of rotatable bonds is 6. The second-order valence-electron chi connectivity index (χ2n) is 4.76. The molecule has 0 aliphatic rings. The van der Waals surface area contributed by atoms with Crippen LogP contribution in [0, 0.1) is 0 Å². The molecule has 4 heteroatoms. The molecule has 1 heterocycles. The molecule has 1 aromatic carbocycles. The molecule has 0 fully saturated rings. The highest BCUT2D eigenvalue weighted by atomic mass is 16.1. The fourth-order valence-electron chi connectivity index (χ4n) is 2.32. The third-order valence-corrected chi connectivity index (χ3v) is 3.21. The number of aromatic amines is 1. The number of fused-ring (bicyclic) bond motifs is 1. The van der Waals surface area contributed by atoms with Gasteiger partial charge in [-0.25, -0.2) is 4.79 Å². The van der Waals surface area contributed by atoms with E-state index in [-0.39, 0.29) is 5.69 Å². The number of hydrogen-bond donors (Lipinski definition) is 1. The second-order valence-corrected chi connectivity index (χ2v) is 4.76. The first kappa shape index (κ1) is 12.9. The number of nitrogens with zero attached hydrogens (tertiary/aromatic N) is 2. The maximum Gasteiger partial charge on any atom is 0.326 e. The van der Waals surface area contributed by atoms with Crippen LogP contribution in [0.4, 0.5) is 0 Å². The first-order valence-corrected chi connectivity index (χ1v) is 6.58. The predicted octanol–water partition coefficient (Wildman–Crippen LogP) is 2.06. The van der Waals surface area contributed by atoms with Crippen molar-refractivity contribution in [3.8, 4) is 0 Å². The van der Waals surface area contributed by atoms with Crippen molar-refractivity contribution in [2.75, 3.05) is 20.1 Å². The van der Waals surface area contributed by atoms with Crippen LogP contribution < -0.4 is 5.69 Å². The molecule has 2 rings (SSSR count). The molecular weight excluding hydrogens is 226 g/mol. The molecule has 0 saturated carbocycles. The highest BCUT2D eigenvalue weighted by molar-refractivity contribution is 5.74. The van der Waals surface area contributed by atoms with E-state index in [1.807, 2.05) is 28.8 Å². The smallest absolute Gasteiger partial charge is 0.306 e. The van der Waals surface area contributed by atoms with Gasteiger partial charge in [0.05, 0.1) is 11.0 Å². The lowest BCUT2D eigenvalue weighted by molar-refractivity contribution is 0.322. The van der Waals surface area contributed by atoms with Crippen molar-refractivity contribution < 1.29 is 0 Å². The van der Waals surface area contributed by atoms with Crippen LogP contribution in [0.2, 0.25) is 0 Å². The van der Waals surface area contributed by atoms with Crippen molar-refractivity contribution >= 4 is 11.0 Å². The minimum absolute atomic E-state index is 0.00524. The maximum atomic E-state index is 11.8. The molecule has 1 aromatic heterocycles. The van der Waals surface area contributed by atoms with Crippen LogP contribution in [-0.4, -0.2) is 34.6 Å². The van der Waals surface area contributed by atoms with Gasteiger partial charge in [0.1, 0.15) is 0 Å². The highest BCUT2D eigenvalue weighted by Crippen LogP contribution is 2.09. The number of H-pyrrole nitrogens is 1. The van der Waals surface area contributed by atoms with Gasteiger partial charge in [-0.1, -0.05) is 19.1 Å². The number of imidazole rings is 1. The molecule has 2 aromatic rings. The normalized spacial score (nSPS) is 11.5. The molecule has 0 bridgehead atoms. The molecule has 1 N–H and O–H groups in total. The molecule has 18 heavy (non-hydrogen) atoms. The van der Waals surface area contributed by atoms with E-state index in [9.17, 15) is 4.79 Å². The Bertz CT molecular complexity index is 555. The fourth-order valence-corrected chi connectivity index (χ4v) is 2.32. The molecule has 0 amide bonds. The lowest BCUT2D eigenvalue weighted by atomic mass is 10.3. The molecule has 0 radical (unpaired) electrons. The van der Waals surface area contributed by atoms with E-state index in [1.54, 1.807) is 0 Å². The second kappa shape index (κ2) is 5.87. The van der Waals surface area contributed by atoms with Crippen LogP contribution in [0.3, 0.4) is 0 Å². The summed E-state index contributed by atoms with van der Waals surface area (Å²) in [5.41, 5.74) is 1.92. The number of benzene rings is 1. The van der Waals surface area contributed by atoms with Gasteiger partial charge in [-0.2, -0.15) is 0 Å². The summed E-state index contributed by atoms with van der Waals surface area (Å²) in [5, 5.41) is 0. The zero-order valence-electron chi connectivity index (χ0n) is 11.1. The zero-order valence-corrected chi connectivity index (χ0v) is 11.1. The van der Waals surface area contributed by atoms with Crippen LogP contribution in [0.1, 0.15) is 19.8 Å². The molecule has 0 saturated heterocycles. The standard InChI is InChI=1S/C14H21N3O/c1-3-9-16(2)10-6-11-17-13-8-5-4-7-12(13)15-14(17)18/h4-5,7-8H,3,6,9-11H2,1-2H3,(H,15,18). The Morgan fingerprint density at radius 2 is 2.06 bits per heavy atom. The van der Waals surface area contributed by atoms with Crippen molar-refractivity contribution in [1.29, 1.82) is 0 Å². The molecule has 0 unspecified atom stereocenters. The van der Waals surface area contributed by atoms with Gasteiger partial charge in [-0.3, -0.25) is 4.57 Å². The monoisotopic (exact) mass is 247 g/mol. The fraction of sp³-hybridized carbons (Fsp3) is 0.500. The third kappa shape index (κ3) is 2.82. The summed E-state index contributed by atoms with van der Waals surface area (Å²) in [7, 11) is 2.13. The van der Waals surface area contributed by atoms with Crippen LogP contribution in [0.25, 0.3) is 11.0 Å². The summed E-state index contributed by atoms with van der Waals surface area (Å²) in [6.07, 6.45) is 2.17. The predicted molar refractivity (Wildman–Crippen MR) is 75.0 cm³/mol. The van der Waals surface area contributed by atoms with E-state index >= 15 is 0 Å². The summed E-state index contributed by atoms with van der Waals surface area (Å²) < 4.78 is 1.83. The Hall–Kier alpha value is -1.55. The minimum Gasteiger partial charge on any atom is -0.306 e. The molecule has 98 valence electrons. The SMILES string of the molecule is CCCN(C)CCCn1c(=O)[nH]c2ccccc21. The molecule has 0 atom stereocenters. The Labute approximate surface area is 107 Å². The van der Waals surface area contributed by atoms with Gasteiger partial charge in [0.2, 0.25) is 0 Å². The number of aromatic nitrogens is 2. The average Bonchev–Trinajstić information content (AvgIpc) is 2.66. The first-order valence-electron chi connectivity index (χ1n) is 6.58. The Morgan fingerprint density at radius 1 is 1.28 bits per heavy atom. The quantitative estimate of drug-likeness (QED) is 0.849. The molecular formula is C14H21N3O. The van der Waals surface area contributed by atoms with Gasteiger partial charge >= 0.3 is 5.69 Å². The van der Waals surface area contributed by atoms with E-state index in [2.05, 4.69) is 23.9 Å². The van der Waals surface area contributed by atoms with Crippen molar-refractivity contribution in [1.82, 2.24) is 14.5 Å². The van der Waals surface area contributed by atoms with E-state index < -0.39 is 0 Å². The highest BCUT2D eigenvalue weighted by Gasteiger charge is 2.05. The van der Waals surface area contributed by atoms with Crippen LogP contribution >= 0.6 is 0 Å². The largest absolute Gasteiger partial charge is 0.326 e. The zero-order chi connectivity index (χ0) is 13.0. The number of hydrogen-bond acceptors (Lipinski definition) is 2. The third-order valence-electron chi connectivity index (χ3n) is 3.21. The Kier molecular flexibility index (Phi) is 4.20. The summed E-state index contributed by atoms with van der Waals surface area (Å²) in [5.74, 6) is 0. The number of para-hydroxylation sites is 2. The lowest BCUT2D eigenvalue weighted by Crippen LogP contribution is -2.23. The summed E-state index contributed by atoms with van der Waals surface area (Å²) >= 11 is 0. The van der Waals surface area contributed by atoms with E-state index in [0.29, 0.717) is 0 Å². The van der Waals surface area contributed by atoms with Gasteiger partial charge in [-0.15, -0.1) is 0 Å². The van der Waals surface area contributed by atoms with Gasteiger partial charge < -0.3 is 9.88 Å². The average molecular weight is 247 g/mol. The number of aryl methyl sites for hydroxylation is 1. The van der Waals surface area contributed by atoms with Crippen molar-refractivity contribution in [2.45, 2.75) is 26.3 Å². The summed E-state index contributed by atoms with van der Waals surface area (Å²) in [6, 6.07) is 7.84. The van der Waals surface area contributed by atoms with Crippen LogP contribution in [-0.2, 0) is 6.54 Å². The lowest BCUT2D eigenvalue weighted by Gasteiger charge is -2.15. The van der Waals surface area contributed by atoms with Gasteiger partial charge in [0.25, 0.3) is 0 Å². The summed E-state index contributed by atoms with van der Waals surface area (Å²) in [4.78, 5) is 17.0. The molecule has 0 spiro atoms. The van der Waals surface area contributed by atoms with Crippen LogP contribution in [0.5, 0.6) is 0 Å². The van der Waals surface area contributed by atoms with E-state index in [4.69, 9.17) is 0 Å². The maximum absolute atomic E-state index is 11.8. The van der Waals surface area contributed by atoms with Gasteiger partial charge in [0, 0.05) is 6.54 Å².